The molecule has 0 N–H and O–H groups in total. The molecule has 4 rings (SSSR count). The third-order valence-electron chi connectivity index (χ3n) is 6.69. The Bertz CT molecular complexity index is 1110. The first-order chi connectivity index (χ1) is 14.9. The second-order valence-electron chi connectivity index (χ2n) is 10.2. The monoisotopic (exact) mass is 466 g/mol. The summed E-state index contributed by atoms with van der Waals surface area (Å²) >= 11 is 0. The zero-order valence-electron chi connectivity index (χ0n) is 19.0. The van der Waals surface area contributed by atoms with Crippen LogP contribution in [0.1, 0.15) is 58.7 Å². The van der Waals surface area contributed by atoms with Gasteiger partial charge < -0.3 is 4.57 Å². The molecule has 1 aromatic carbocycles. The maximum Gasteiger partial charge on any atom is 0.248 e. The van der Waals surface area contributed by atoms with E-state index in [1.807, 2.05) is 0 Å². The van der Waals surface area contributed by atoms with Gasteiger partial charge in [-0.3, -0.25) is 4.99 Å². The summed E-state index contributed by atoms with van der Waals surface area (Å²) < 4.78 is 57.1. The van der Waals surface area contributed by atoms with Crippen LogP contribution in [-0.2, 0) is 22.0 Å². The van der Waals surface area contributed by atoms with Gasteiger partial charge in [-0.25, -0.2) is 22.2 Å². The fourth-order valence-corrected chi connectivity index (χ4v) is 6.31. The second-order valence-corrected chi connectivity index (χ2v) is 12.2. The molecule has 1 aliphatic carbocycles. The number of nitrogens with zero attached hydrogens (tertiary/aromatic N) is 4. The van der Waals surface area contributed by atoms with E-state index in [-0.39, 0.29) is 35.1 Å². The average Bonchev–Trinajstić information content (AvgIpc) is 3.34. The van der Waals surface area contributed by atoms with Crippen molar-refractivity contribution in [3.05, 3.63) is 24.0 Å². The average molecular weight is 467 g/mol. The molecule has 1 saturated heterocycles. The number of sulfonamides is 1. The smallest absolute Gasteiger partial charge is 0.248 e. The molecule has 2 heterocycles. The maximum atomic E-state index is 13.6. The first-order valence-corrected chi connectivity index (χ1v) is 12.7. The Labute approximate surface area is 188 Å². The van der Waals surface area contributed by atoms with Crippen molar-refractivity contribution < 1.29 is 17.2 Å². The Kier molecular flexibility index (Phi) is 5.94. The third-order valence-corrected chi connectivity index (χ3v) is 8.55. The van der Waals surface area contributed by atoms with Crippen LogP contribution in [0.3, 0.4) is 0 Å². The summed E-state index contributed by atoms with van der Waals surface area (Å²) in [4.78, 5) is 9.02. The van der Waals surface area contributed by atoms with E-state index < -0.39 is 15.9 Å². The number of halogens is 2. The maximum absolute atomic E-state index is 13.6. The van der Waals surface area contributed by atoms with Crippen LogP contribution in [0, 0.1) is 5.92 Å². The Morgan fingerprint density at radius 2 is 1.91 bits per heavy atom. The summed E-state index contributed by atoms with van der Waals surface area (Å²) in [6.07, 6.45) is 1.49. The van der Waals surface area contributed by atoms with Crippen molar-refractivity contribution in [2.75, 3.05) is 13.1 Å². The van der Waals surface area contributed by atoms with E-state index >= 15 is 0 Å². The van der Waals surface area contributed by atoms with Crippen molar-refractivity contribution in [3.8, 4) is 0 Å². The number of fused-ring (bicyclic) bond motifs is 1. The van der Waals surface area contributed by atoms with Gasteiger partial charge in [-0.15, -0.1) is 0 Å². The van der Waals surface area contributed by atoms with Crippen LogP contribution in [0.2, 0.25) is 0 Å². The standard InChI is InChI=1S/C23H32F2N4O2S/c1-22(2,3)21-27-19-13-18(32(30,31)28-12-9-17(15-28)26-4)5-6-20(19)29(21)14-16-7-10-23(24,25)11-8-16/h5-6,13,16-17H,4,7-12,14-15H2,1-3H3/t17-/m0/s1. The number of alkyl halides is 2. The molecular formula is C23H32F2N4O2S. The molecule has 0 unspecified atom stereocenters. The lowest BCUT2D eigenvalue weighted by atomic mass is 9.86. The number of aliphatic imine (C=N–C) groups is 1. The molecule has 0 radical (unpaired) electrons. The van der Waals surface area contributed by atoms with Gasteiger partial charge in [-0.1, -0.05) is 20.8 Å². The lowest BCUT2D eigenvalue weighted by Gasteiger charge is -2.30. The summed E-state index contributed by atoms with van der Waals surface area (Å²) in [5.41, 5.74) is 1.20. The lowest BCUT2D eigenvalue weighted by Crippen LogP contribution is -2.29. The number of rotatable bonds is 5. The topological polar surface area (TPSA) is 67.6 Å². The van der Waals surface area contributed by atoms with Crippen molar-refractivity contribution in [2.24, 2.45) is 10.9 Å². The number of hydrogen-bond donors (Lipinski definition) is 0. The Balaban J connectivity index is 1.68. The molecule has 2 fully saturated rings. The van der Waals surface area contributed by atoms with Crippen LogP contribution in [0.15, 0.2) is 28.1 Å². The number of imidazole rings is 1. The van der Waals surface area contributed by atoms with E-state index in [2.05, 4.69) is 37.0 Å². The molecule has 32 heavy (non-hydrogen) atoms. The minimum Gasteiger partial charge on any atom is -0.327 e. The molecule has 9 heteroatoms. The van der Waals surface area contributed by atoms with Gasteiger partial charge in [0.1, 0.15) is 5.82 Å². The highest BCUT2D eigenvalue weighted by atomic mass is 32.2. The van der Waals surface area contributed by atoms with Crippen LogP contribution in [0.25, 0.3) is 11.0 Å². The number of aromatic nitrogens is 2. The Morgan fingerprint density at radius 3 is 2.50 bits per heavy atom. The predicted molar refractivity (Wildman–Crippen MR) is 122 cm³/mol. The second kappa shape index (κ2) is 8.17. The van der Waals surface area contributed by atoms with Crippen LogP contribution in [0.4, 0.5) is 8.78 Å². The van der Waals surface area contributed by atoms with Gasteiger partial charge >= 0.3 is 0 Å². The van der Waals surface area contributed by atoms with E-state index in [1.54, 1.807) is 18.2 Å². The lowest BCUT2D eigenvalue weighted by molar-refractivity contribution is -0.0473. The molecule has 0 spiro atoms. The summed E-state index contributed by atoms with van der Waals surface area (Å²) in [6, 6.07) is 5.01. The molecule has 0 amide bonds. The van der Waals surface area contributed by atoms with Crippen LogP contribution >= 0.6 is 0 Å². The fraction of sp³-hybridized carbons (Fsp3) is 0.652. The molecule has 1 saturated carbocycles. The van der Waals surface area contributed by atoms with Crippen molar-refractivity contribution in [1.29, 1.82) is 0 Å². The fourth-order valence-electron chi connectivity index (χ4n) is 4.80. The summed E-state index contributed by atoms with van der Waals surface area (Å²) in [5.74, 6) is -1.56. The zero-order valence-corrected chi connectivity index (χ0v) is 19.8. The van der Waals surface area contributed by atoms with Crippen molar-refractivity contribution in [2.45, 2.75) is 81.7 Å². The Morgan fingerprint density at radius 1 is 1.22 bits per heavy atom. The first kappa shape index (κ1) is 23.3. The van der Waals surface area contributed by atoms with Gasteiger partial charge in [0.2, 0.25) is 15.9 Å². The van der Waals surface area contributed by atoms with Crippen LogP contribution in [0.5, 0.6) is 0 Å². The van der Waals surface area contributed by atoms with Gasteiger partial charge in [0.15, 0.2) is 0 Å². The molecule has 1 aromatic heterocycles. The number of benzene rings is 1. The summed E-state index contributed by atoms with van der Waals surface area (Å²) in [6.45, 7) is 11.1. The van der Waals surface area contributed by atoms with E-state index in [0.717, 1.165) is 11.3 Å². The van der Waals surface area contributed by atoms with E-state index in [9.17, 15) is 17.2 Å². The minimum atomic E-state index is -3.64. The minimum absolute atomic E-state index is 0.0666. The van der Waals surface area contributed by atoms with Crippen molar-refractivity contribution in [1.82, 2.24) is 13.9 Å². The van der Waals surface area contributed by atoms with Gasteiger partial charge in [0, 0.05) is 37.9 Å². The van der Waals surface area contributed by atoms with Crippen LogP contribution < -0.4 is 0 Å². The molecule has 1 atom stereocenters. The highest BCUT2D eigenvalue weighted by molar-refractivity contribution is 7.89. The predicted octanol–water partition coefficient (Wildman–Crippen LogP) is 4.62. The SMILES string of the molecule is C=N[C@H]1CCN(S(=O)(=O)c2ccc3c(c2)nc(C(C)(C)C)n3CC2CCC(F)(F)CC2)C1. The van der Waals surface area contributed by atoms with E-state index in [0.29, 0.717) is 44.4 Å². The molecule has 2 aromatic rings. The molecule has 6 nitrogen and oxygen atoms in total. The van der Waals surface area contributed by atoms with Crippen molar-refractivity contribution in [3.63, 3.8) is 0 Å². The molecule has 176 valence electrons. The number of hydrogen-bond acceptors (Lipinski definition) is 4. The summed E-state index contributed by atoms with van der Waals surface area (Å²) in [7, 11) is -3.64. The Hall–Kier alpha value is -1.87. The van der Waals surface area contributed by atoms with E-state index in [4.69, 9.17) is 4.98 Å². The van der Waals surface area contributed by atoms with Gasteiger partial charge in [-0.05, 0) is 50.1 Å². The molecule has 1 aliphatic heterocycles. The summed E-state index contributed by atoms with van der Waals surface area (Å²) in [5, 5.41) is 0. The first-order valence-electron chi connectivity index (χ1n) is 11.3. The zero-order chi connectivity index (χ0) is 23.3. The third kappa shape index (κ3) is 4.46. The van der Waals surface area contributed by atoms with Gasteiger partial charge in [-0.2, -0.15) is 4.31 Å². The molecule has 2 aliphatic rings. The highest BCUT2D eigenvalue weighted by Crippen LogP contribution is 2.38. The highest BCUT2D eigenvalue weighted by Gasteiger charge is 2.36. The molecular weight excluding hydrogens is 434 g/mol. The van der Waals surface area contributed by atoms with Crippen molar-refractivity contribution >= 4 is 27.8 Å². The molecule has 0 bridgehead atoms. The quantitative estimate of drug-likeness (QED) is 0.604. The largest absolute Gasteiger partial charge is 0.327 e. The van der Waals surface area contributed by atoms with Gasteiger partial charge in [0.25, 0.3) is 0 Å². The normalized spacial score (nSPS) is 23.1. The van der Waals surface area contributed by atoms with Gasteiger partial charge in [0.05, 0.1) is 22.0 Å². The van der Waals surface area contributed by atoms with E-state index in [1.165, 1.54) is 4.31 Å². The van der Waals surface area contributed by atoms with Crippen LogP contribution in [-0.4, -0.2) is 54.0 Å².